The predicted octanol–water partition coefficient (Wildman–Crippen LogP) is 3.11. The summed E-state index contributed by atoms with van der Waals surface area (Å²) in [6.45, 7) is 1.83. The number of nitrogens with zero attached hydrogens (tertiary/aromatic N) is 1. The van der Waals surface area contributed by atoms with Gasteiger partial charge >= 0.3 is 0 Å². The first-order valence-electron chi connectivity index (χ1n) is 6.79. The maximum Gasteiger partial charge on any atom is 0.211 e. The number of hydrogen-bond acceptors (Lipinski definition) is 3. The van der Waals surface area contributed by atoms with Crippen molar-refractivity contribution in [1.82, 2.24) is 0 Å². The van der Waals surface area contributed by atoms with Crippen molar-refractivity contribution in [1.29, 1.82) is 0 Å². The SMILES string of the molecule is Cc1ccc(C(C[N+](=O)[O-])C2CCCCC2=O)cc1. The molecule has 1 aromatic carbocycles. The van der Waals surface area contributed by atoms with Gasteiger partial charge in [-0.05, 0) is 25.3 Å². The molecule has 0 heterocycles. The standard InChI is InChI=1S/C15H19NO3/c1-11-6-8-12(9-7-11)14(10-16(18)19)13-4-2-3-5-15(13)17/h6-9,13-14H,2-5,10H2,1H3. The lowest BCUT2D eigenvalue weighted by molar-refractivity contribution is -0.484. The molecule has 1 aliphatic carbocycles. The van der Waals surface area contributed by atoms with Crippen molar-refractivity contribution < 1.29 is 9.72 Å². The third-order valence-electron chi connectivity index (χ3n) is 3.94. The van der Waals surface area contributed by atoms with E-state index in [0.29, 0.717) is 6.42 Å². The van der Waals surface area contributed by atoms with Crippen LogP contribution in [0, 0.1) is 23.0 Å². The van der Waals surface area contributed by atoms with E-state index in [1.54, 1.807) is 0 Å². The van der Waals surface area contributed by atoms with Crippen LogP contribution in [0.15, 0.2) is 24.3 Å². The summed E-state index contributed by atoms with van der Waals surface area (Å²) in [5, 5.41) is 10.9. The van der Waals surface area contributed by atoms with Crippen LogP contribution in [-0.2, 0) is 4.79 Å². The molecule has 0 N–H and O–H groups in total. The second-order valence-corrected chi connectivity index (χ2v) is 5.35. The molecule has 1 saturated carbocycles. The Morgan fingerprint density at radius 3 is 2.58 bits per heavy atom. The number of Topliss-reactive ketones (excluding diaryl/α,β-unsaturated/α-hetero) is 1. The minimum atomic E-state index is -0.299. The summed E-state index contributed by atoms with van der Waals surface area (Å²) in [4.78, 5) is 22.6. The number of carbonyl (C=O) groups excluding carboxylic acids is 1. The Labute approximate surface area is 113 Å². The van der Waals surface area contributed by atoms with Gasteiger partial charge in [-0.2, -0.15) is 0 Å². The number of rotatable bonds is 4. The van der Waals surface area contributed by atoms with Gasteiger partial charge in [-0.1, -0.05) is 36.2 Å². The van der Waals surface area contributed by atoms with Crippen molar-refractivity contribution in [3.63, 3.8) is 0 Å². The zero-order valence-corrected chi connectivity index (χ0v) is 11.2. The molecule has 19 heavy (non-hydrogen) atoms. The molecule has 0 radical (unpaired) electrons. The van der Waals surface area contributed by atoms with E-state index in [1.807, 2.05) is 31.2 Å². The van der Waals surface area contributed by atoms with Crippen molar-refractivity contribution in [2.45, 2.75) is 38.5 Å². The van der Waals surface area contributed by atoms with E-state index in [4.69, 9.17) is 0 Å². The normalized spacial score (nSPS) is 21.1. The number of nitro groups is 1. The molecule has 0 saturated heterocycles. The summed E-state index contributed by atoms with van der Waals surface area (Å²) >= 11 is 0. The van der Waals surface area contributed by atoms with Gasteiger partial charge in [0.1, 0.15) is 5.78 Å². The first kappa shape index (κ1) is 13.7. The molecule has 0 aromatic heterocycles. The van der Waals surface area contributed by atoms with Crippen LogP contribution in [0.2, 0.25) is 0 Å². The van der Waals surface area contributed by atoms with Gasteiger partial charge in [0.25, 0.3) is 0 Å². The summed E-state index contributed by atoms with van der Waals surface area (Å²) in [6.07, 6.45) is 3.28. The minimum Gasteiger partial charge on any atom is -0.299 e. The number of benzene rings is 1. The fourth-order valence-corrected chi connectivity index (χ4v) is 2.87. The van der Waals surface area contributed by atoms with Gasteiger partial charge in [-0.3, -0.25) is 14.9 Å². The molecule has 4 heteroatoms. The second kappa shape index (κ2) is 5.95. The van der Waals surface area contributed by atoms with E-state index >= 15 is 0 Å². The molecule has 1 aliphatic rings. The molecule has 102 valence electrons. The maximum absolute atomic E-state index is 12.0. The molecule has 4 nitrogen and oxygen atoms in total. The highest BCUT2D eigenvalue weighted by Crippen LogP contribution is 2.34. The molecule has 0 aliphatic heterocycles. The van der Waals surface area contributed by atoms with E-state index in [1.165, 1.54) is 0 Å². The summed E-state index contributed by atoms with van der Waals surface area (Å²) in [6, 6.07) is 7.75. The van der Waals surface area contributed by atoms with Gasteiger partial charge in [0.15, 0.2) is 0 Å². The Hall–Kier alpha value is -1.71. The van der Waals surface area contributed by atoms with E-state index in [2.05, 4.69) is 0 Å². The molecular formula is C15H19NO3. The average molecular weight is 261 g/mol. The lowest BCUT2D eigenvalue weighted by atomic mass is 9.76. The summed E-state index contributed by atoms with van der Waals surface area (Å²) in [7, 11) is 0. The Morgan fingerprint density at radius 2 is 2.00 bits per heavy atom. The molecular weight excluding hydrogens is 242 g/mol. The summed E-state index contributed by atoms with van der Waals surface area (Å²) < 4.78 is 0. The number of carbonyl (C=O) groups is 1. The van der Waals surface area contributed by atoms with Crippen molar-refractivity contribution in [2.75, 3.05) is 6.54 Å². The van der Waals surface area contributed by atoms with E-state index < -0.39 is 0 Å². The Bertz CT molecular complexity index is 467. The number of aryl methyl sites for hydroxylation is 1. The van der Waals surface area contributed by atoms with Crippen LogP contribution < -0.4 is 0 Å². The Morgan fingerprint density at radius 1 is 1.32 bits per heavy atom. The van der Waals surface area contributed by atoms with Crippen LogP contribution >= 0.6 is 0 Å². The fourth-order valence-electron chi connectivity index (χ4n) is 2.87. The lowest BCUT2D eigenvalue weighted by Gasteiger charge is -2.27. The number of ketones is 1. The summed E-state index contributed by atoms with van der Waals surface area (Å²) in [5.74, 6) is -0.260. The monoisotopic (exact) mass is 261 g/mol. The Balaban J connectivity index is 2.26. The van der Waals surface area contributed by atoms with Crippen molar-refractivity contribution in [3.05, 3.63) is 45.5 Å². The van der Waals surface area contributed by atoms with E-state index in [-0.39, 0.29) is 29.1 Å². The lowest BCUT2D eigenvalue weighted by Crippen LogP contribution is -2.30. The van der Waals surface area contributed by atoms with Gasteiger partial charge in [-0.25, -0.2) is 0 Å². The molecule has 1 aromatic rings. The first-order valence-corrected chi connectivity index (χ1v) is 6.79. The fraction of sp³-hybridized carbons (Fsp3) is 0.533. The Kier molecular flexibility index (Phi) is 4.30. The van der Waals surface area contributed by atoms with Crippen LogP contribution in [0.3, 0.4) is 0 Å². The van der Waals surface area contributed by atoms with Crippen LogP contribution in [0.4, 0.5) is 0 Å². The first-order chi connectivity index (χ1) is 9.08. The van der Waals surface area contributed by atoms with Gasteiger partial charge in [0.2, 0.25) is 6.54 Å². The average Bonchev–Trinajstić information content (AvgIpc) is 2.38. The van der Waals surface area contributed by atoms with Crippen molar-refractivity contribution >= 4 is 5.78 Å². The topological polar surface area (TPSA) is 60.2 Å². The molecule has 1 fully saturated rings. The molecule has 2 atom stereocenters. The maximum atomic E-state index is 12.0. The predicted molar refractivity (Wildman–Crippen MR) is 72.7 cm³/mol. The minimum absolute atomic E-state index is 0.153. The largest absolute Gasteiger partial charge is 0.299 e. The highest BCUT2D eigenvalue weighted by Gasteiger charge is 2.34. The van der Waals surface area contributed by atoms with Crippen LogP contribution in [-0.4, -0.2) is 17.3 Å². The molecule has 0 amide bonds. The van der Waals surface area contributed by atoms with Crippen LogP contribution in [0.5, 0.6) is 0 Å². The smallest absolute Gasteiger partial charge is 0.211 e. The highest BCUT2D eigenvalue weighted by atomic mass is 16.6. The molecule has 0 bridgehead atoms. The zero-order valence-electron chi connectivity index (χ0n) is 11.2. The van der Waals surface area contributed by atoms with E-state index in [9.17, 15) is 14.9 Å². The molecule has 2 unspecified atom stereocenters. The third kappa shape index (κ3) is 3.40. The molecule has 2 rings (SSSR count). The number of hydrogen-bond donors (Lipinski definition) is 0. The second-order valence-electron chi connectivity index (χ2n) is 5.35. The van der Waals surface area contributed by atoms with Gasteiger partial charge < -0.3 is 0 Å². The molecule has 0 spiro atoms. The van der Waals surface area contributed by atoms with Gasteiger partial charge in [-0.15, -0.1) is 0 Å². The van der Waals surface area contributed by atoms with Crippen molar-refractivity contribution in [3.8, 4) is 0 Å². The summed E-state index contributed by atoms with van der Waals surface area (Å²) in [5.41, 5.74) is 2.04. The quantitative estimate of drug-likeness (QED) is 0.618. The highest BCUT2D eigenvalue weighted by molar-refractivity contribution is 5.82. The van der Waals surface area contributed by atoms with Gasteiger partial charge in [0.05, 0.1) is 5.92 Å². The van der Waals surface area contributed by atoms with Crippen LogP contribution in [0.25, 0.3) is 0 Å². The van der Waals surface area contributed by atoms with Gasteiger partial charge in [0, 0.05) is 17.3 Å². The zero-order chi connectivity index (χ0) is 13.8. The van der Waals surface area contributed by atoms with Crippen molar-refractivity contribution in [2.24, 2.45) is 5.92 Å². The van der Waals surface area contributed by atoms with E-state index in [0.717, 1.165) is 30.4 Å². The third-order valence-corrected chi connectivity index (χ3v) is 3.94. The van der Waals surface area contributed by atoms with Crippen LogP contribution in [0.1, 0.15) is 42.7 Å².